The lowest BCUT2D eigenvalue weighted by Gasteiger charge is -2.39. The molecule has 0 bridgehead atoms. The van der Waals surface area contributed by atoms with Crippen LogP contribution >= 0.6 is 0 Å². The summed E-state index contributed by atoms with van der Waals surface area (Å²) in [5, 5.41) is 8.56. The van der Waals surface area contributed by atoms with Crippen LogP contribution in [-0.4, -0.2) is 70.7 Å². The Hall–Kier alpha value is -1.76. The summed E-state index contributed by atoms with van der Waals surface area (Å²) in [6, 6.07) is 10.6. The Morgan fingerprint density at radius 2 is 2.04 bits per heavy atom. The van der Waals surface area contributed by atoms with E-state index in [2.05, 4.69) is 27.0 Å². The molecule has 2 heterocycles. The molecule has 0 unspecified atom stereocenters. The average molecular weight is 315 g/mol. The fourth-order valence-electron chi connectivity index (χ4n) is 3.06. The number of piperazine rings is 1. The van der Waals surface area contributed by atoms with Crippen LogP contribution in [0.3, 0.4) is 0 Å². The van der Waals surface area contributed by atoms with Crippen LogP contribution < -0.4 is 0 Å². The highest BCUT2D eigenvalue weighted by atomic mass is 16.5. The van der Waals surface area contributed by atoms with E-state index >= 15 is 0 Å². The van der Waals surface area contributed by atoms with Gasteiger partial charge in [0, 0.05) is 45.9 Å². The molecule has 0 radical (unpaired) electrons. The van der Waals surface area contributed by atoms with Crippen molar-refractivity contribution in [1.82, 2.24) is 24.8 Å². The Morgan fingerprint density at radius 3 is 2.78 bits per heavy atom. The molecular formula is C17H25N5O. The second-order valence-corrected chi connectivity index (χ2v) is 6.10. The fourth-order valence-corrected chi connectivity index (χ4v) is 3.06. The largest absolute Gasteiger partial charge is 0.383 e. The molecular weight excluding hydrogens is 290 g/mol. The zero-order chi connectivity index (χ0) is 16.1. The summed E-state index contributed by atoms with van der Waals surface area (Å²) < 4.78 is 7.02. The van der Waals surface area contributed by atoms with Gasteiger partial charge in [-0.25, -0.2) is 4.68 Å². The molecule has 124 valence electrons. The van der Waals surface area contributed by atoms with Gasteiger partial charge in [0.1, 0.15) is 0 Å². The fraction of sp³-hybridized carbons (Fsp3) is 0.529. The molecule has 3 rings (SSSR count). The summed E-state index contributed by atoms with van der Waals surface area (Å²) in [5.74, 6) is 0. The minimum absolute atomic E-state index is 0.545. The van der Waals surface area contributed by atoms with E-state index in [1.165, 1.54) is 0 Å². The van der Waals surface area contributed by atoms with Gasteiger partial charge in [-0.3, -0.25) is 9.80 Å². The first-order valence-corrected chi connectivity index (χ1v) is 8.18. The number of para-hydroxylation sites is 1. The van der Waals surface area contributed by atoms with E-state index in [0.717, 1.165) is 50.7 Å². The number of ether oxygens (including phenoxy) is 1. The van der Waals surface area contributed by atoms with E-state index in [0.29, 0.717) is 6.04 Å². The molecule has 1 aromatic heterocycles. The zero-order valence-electron chi connectivity index (χ0n) is 13.9. The summed E-state index contributed by atoms with van der Waals surface area (Å²) in [4.78, 5) is 4.94. The lowest BCUT2D eigenvalue weighted by Crippen LogP contribution is -2.52. The third kappa shape index (κ3) is 4.16. The predicted octanol–water partition coefficient (Wildman–Crippen LogP) is 1.42. The zero-order valence-corrected chi connectivity index (χ0v) is 13.9. The Kier molecular flexibility index (Phi) is 5.38. The third-order valence-corrected chi connectivity index (χ3v) is 4.38. The van der Waals surface area contributed by atoms with Gasteiger partial charge < -0.3 is 4.74 Å². The van der Waals surface area contributed by atoms with Crippen LogP contribution in [0.4, 0.5) is 0 Å². The van der Waals surface area contributed by atoms with Crippen molar-refractivity contribution in [2.24, 2.45) is 0 Å². The highest BCUT2D eigenvalue weighted by Gasteiger charge is 2.23. The van der Waals surface area contributed by atoms with Gasteiger partial charge in [0.2, 0.25) is 0 Å². The summed E-state index contributed by atoms with van der Waals surface area (Å²) in [5.41, 5.74) is 2.07. The number of hydrogen-bond acceptors (Lipinski definition) is 5. The first-order valence-electron chi connectivity index (χ1n) is 8.18. The third-order valence-electron chi connectivity index (χ3n) is 4.38. The Balaban J connectivity index is 1.56. The van der Waals surface area contributed by atoms with E-state index in [9.17, 15) is 0 Å². The van der Waals surface area contributed by atoms with Gasteiger partial charge in [-0.1, -0.05) is 23.4 Å². The van der Waals surface area contributed by atoms with Crippen molar-refractivity contribution in [3.63, 3.8) is 0 Å². The minimum Gasteiger partial charge on any atom is -0.383 e. The molecule has 0 saturated carbocycles. The minimum atomic E-state index is 0.545. The van der Waals surface area contributed by atoms with Crippen molar-refractivity contribution in [2.75, 3.05) is 39.9 Å². The van der Waals surface area contributed by atoms with Crippen LogP contribution in [-0.2, 0) is 11.3 Å². The molecule has 0 N–H and O–H groups in total. The maximum atomic E-state index is 5.18. The summed E-state index contributed by atoms with van der Waals surface area (Å²) in [6.07, 6.45) is 2.03. The topological polar surface area (TPSA) is 46.4 Å². The highest BCUT2D eigenvalue weighted by Crippen LogP contribution is 2.13. The van der Waals surface area contributed by atoms with Crippen molar-refractivity contribution < 1.29 is 4.74 Å². The maximum absolute atomic E-state index is 5.18. The molecule has 1 aromatic carbocycles. The van der Waals surface area contributed by atoms with Crippen molar-refractivity contribution in [3.05, 3.63) is 42.2 Å². The highest BCUT2D eigenvalue weighted by molar-refractivity contribution is 5.29. The normalized spacial score (nSPS) is 20.0. The average Bonchev–Trinajstić information content (AvgIpc) is 3.03. The van der Waals surface area contributed by atoms with Gasteiger partial charge in [-0.2, -0.15) is 0 Å². The molecule has 1 aliphatic rings. The SMILES string of the molecule is COCCN1CCN(Cc2cn(-c3ccccc3)nn2)C[C@@H]1C. The smallest absolute Gasteiger partial charge is 0.0971 e. The lowest BCUT2D eigenvalue weighted by molar-refractivity contribution is 0.0552. The molecule has 0 aliphatic carbocycles. The van der Waals surface area contributed by atoms with E-state index in [1.54, 1.807) is 7.11 Å². The molecule has 0 spiro atoms. The van der Waals surface area contributed by atoms with Gasteiger partial charge in [-0.15, -0.1) is 5.10 Å². The standard InChI is InChI=1S/C17H25N5O/c1-15-12-20(8-9-21(15)10-11-23-2)13-16-14-22(19-18-16)17-6-4-3-5-7-17/h3-7,14-15H,8-13H2,1-2H3/t15-/m0/s1. The Labute approximate surface area is 137 Å². The second kappa shape index (κ2) is 7.68. The molecule has 6 heteroatoms. The molecule has 23 heavy (non-hydrogen) atoms. The van der Waals surface area contributed by atoms with Gasteiger partial charge in [-0.05, 0) is 19.1 Å². The van der Waals surface area contributed by atoms with E-state index in [1.807, 2.05) is 41.2 Å². The molecule has 1 fully saturated rings. The molecule has 1 aliphatic heterocycles. The van der Waals surface area contributed by atoms with Gasteiger partial charge in [0.05, 0.1) is 24.2 Å². The number of aromatic nitrogens is 3. The second-order valence-electron chi connectivity index (χ2n) is 6.10. The van der Waals surface area contributed by atoms with Gasteiger partial charge in [0.15, 0.2) is 0 Å². The maximum Gasteiger partial charge on any atom is 0.0971 e. The lowest BCUT2D eigenvalue weighted by atomic mass is 10.2. The van der Waals surface area contributed by atoms with E-state index < -0.39 is 0 Å². The van der Waals surface area contributed by atoms with Crippen molar-refractivity contribution in [3.8, 4) is 5.69 Å². The van der Waals surface area contributed by atoms with E-state index in [-0.39, 0.29) is 0 Å². The van der Waals surface area contributed by atoms with Gasteiger partial charge in [0.25, 0.3) is 0 Å². The number of hydrogen-bond donors (Lipinski definition) is 0. The Bertz CT molecular complexity index is 600. The predicted molar refractivity (Wildman–Crippen MR) is 89.5 cm³/mol. The first kappa shape index (κ1) is 16.1. The first-order chi connectivity index (χ1) is 11.3. The summed E-state index contributed by atoms with van der Waals surface area (Å²) in [7, 11) is 1.76. The summed E-state index contributed by atoms with van der Waals surface area (Å²) >= 11 is 0. The number of methoxy groups -OCH3 is 1. The van der Waals surface area contributed by atoms with Gasteiger partial charge >= 0.3 is 0 Å². The molecule has 2 aromatic rings. The Morgan fingerprint density at radius 1 is 1.22 bits per heavy atom. The molecule has 1 saturated heterocycles. The van der Waals surface area contributed by atoms with Crippen LogP contribution in [0.2, 0.25) is 0 Å². The van der Waals surface area contributed by atoms with Crippen molar-refractivity contribution in [1.29, 1.82) is 0 Å². The quantitative estimate of drug-likeness (QED) is 0.807. The number of benzene rings is 1. The monoisotopic (exact) mass is 315 g/mol. The van der Waals surface area contributed by atoms with Crippen LogP contribution in [0.1, 0.15) is 12.6 Å². The van der Waals surface area contributed by atoms with Crippen LogP contribution in [0.25, 0.3) is 5.69 Å². The molecule has 0 amide bonds. The van der Waals surface area contributed by atoms with Crippen LogP contribution in [0, 0.1) is 0 Å². The van der Waals surface area contributed by atoms with Crippen molar-refractivity contribution >= 4 is 0 Å². The molecule has 6 nitrogen and oxygen atoms in total. The van der Waals surface area contributed by atoms with Crippen molar-refractivity contribution in [2.45, 2.75) is 19.5 Å². The van der Waals surface area contributed by atoms with Crippen LogP contribution in [0.5, 0.6) is 0 Å². The summed E-state index contributed by atoms with van der Waals surface area (Å²) in [6.45, 7) is 8.15. The van der Waals surface area contributed by atoms with Crippen LogP contribution in [0.15, 0.2) is 36.5 Å². The van der Waals surface area contributed by atoms with E-state index in [4.69, 9.17) is 4.74 Å². The molecule has 1 atom stereocenters. The number of nitrogens with zero attached hydrogens (tertiary/aromatic N) is 5. The number of rotatable bonds is 6.